The molecule has 2 heterocycles. The van der Waals surface area contributed by atoms with Crippen molar-refractivity contribution >= 4 is 10.9 Å². The number of aromatic amines is 1. The van der Waals surface area contributed by atoms with Gasteiger partial charge in [0.25, 0.3) is 0 Å². The van der Waals surface area contributed by atoms with E-state index < -0.39 is 0 Å². The highest BCUT2D eigenvalue weighted by molar-refractivity contribution is 5.83. The second kappa shape index (κ2) is 5.10. The van der Waals surface area contributed by atoms with Crippen LogP contribution in [0.25, 0.3) is 10.9 Å². The van der Waals surface area contributed by atoms with Gasteiger partial charge in [-0.05, 0) is 56.7 Å². The molecule has 1 aromatic heterocycles. The summed E-state index contributed by atoms with van der Waals surface area (Å²) in [5.41, 5.74) is 6.21. The van der Waals surface area contributed by atoms with Crippen LogP contribution < -0.4 is 5.32 Å². The Bertz CT molecular complexity index is 646. The highest BCUT2D eigenvalue weighted by atomic mass is 14.9. The van der Waals surface area contributed by atoms with Crippen molar-refractivity contribution in [3.05, 3.63) is 47.2 Å². The average molecular weight is 266 g/mol. The fourth-order valence-electron chi connectivity index (χ4n) is 3.93. The Morgan fingerprint density at radius 2 is 1.95 bits per heavy atom. The first kappa shape index (κ1) is 12.2. The standard InChI is InChI=1S/C18H22N2/c1-2-6-15-13(5-1)9-10-19-18(15)11-14-12-20-17-8-4-3-7-16(14)17/h3-4,7-8,12,18-20H,1-2,5-6,9-11H2/t18-/m1/s1. The molecule has 1 aliphatic heterocycles. The van der Waals surface area contributed by atoms with Crippen LogP contribution in [-0.4, -0.2) is 17.6 Å². The van der Waals surface area contributed by atoms with Gasteiger partial charge in [0.15, 0.2) is 0 Å². The topological polar surface area (TPSA) is 27.8 Å². The molecule has 1 aromatic carbocycles. The predicted octanol–water partition coefficient (Wildman–Crippen LogP) is 3.94. The third kappa shape index (κ3) is 2.08. The SMILES string of the molecule is c1ccc2c(C[C@H]3NCCC4=C3CCCC4)c[nH]c2c1. The van der Waals surface area contributed by atoms with E-state index in [0.717, 1.165) is 13.0 Å². The van der Waals surface area contributed by atoms with Gasteiger partial charge >= 0.3 is 0 Å². The van der Waals surface area contributed by atoms with Gasteiger partial charge in [0.05, 0.1) is 0 Å². The molecule has 0 amide bonds. The maximum Gasteiger partial charge on any atom is 0.0456 e. The van der Waals surface area contributed by atoms with Crippen LogP contribution >= 0.6 is 0 Å². The van der Waals surface area contributed by atoms with Crippen LogP contribution in [0.4, 0.5) is 0 Å². The molecule has 0 saturated heterocycles. The monoisotopic (exact) mass is 266 g/mol. The first-order valence-electron chi connectivity index (χ1n) is 7.91. The summed E-state index contributed by atoms with van der Waals surface area (Å²) >= 11 is 0. The number of aromatic nitrogens is 1. The van der Waals surface area contributed by atoms with Gasteiger partial charge in [-0.3, -0.25) is 0 Å². The number of para-hydroxylation sites is 1. The molecule has 2 aromatic rings. The van der Waals surface area contributed by atoms with E-state index in [0.29, 0.717) is 6.04 Å². The number of fused-ring (bicyclic) bond motifs is 1. The lowest BCUT2D eigenvalue weighted by Gasteiger charge is -2.33. The largest absolute Gasteiger partial charge is 0.361 e. The fraction of sp³-hybridized carbons (Fsp3) is 0.444. The molecular weight excluding hydrogens is 244 g/mol. The molecule has 0 fully saturated rings. The van der Waals surface area contributed by atoms with Gasteiger partial charge in [0.2, 0.25) is 0 Å². The molecule has 2 heteroatoms. The van der Waals surface area contributed by atoms with Gasteiger partial charge in [-0.15, -0.1) is 0 Å². The van der Waals surface area contributed by atoms with Crippen molar-refractivity contribution in [2.45, 2.75) is 44.6 Å². The van der Waals surface area contributed by atoms with Gasteiger partial charge in [0, 0.05) is 23.1 Å². The Hall–Kier alpha value is -1.54. The first-order valence-corrected chi connectivity index (χ1v) is 7.91. The molecular formula is C18H22N2. The van der Waals surface area contributed by atoms with Crippen LogP contribution in [-0.2, 0) is 6.42 Å². The minimum Gasteiger partial charge on any atom is -0.361 e. The number of rotatable bonds is 2. The molecule has 104 valence electrons. The van der Waals surface area contributed by atoms with Crippen LogP contribution in [0, 0.1) is 0 Å². The Morgan fingerprint density at radius 3 is 2.95 bits per heavy atom. The molecule has 1 aliphatic carbocycles. The molecule has 0 bridgehead atoms. The number of nitrogens with one attached hydrogen (secondary N) is 2. The van der Waals surface area contributed by atoms with Crippen LogP contribution in [0.5, 0.6) is 0 Å². The van der Waals surface area contributed by atoms with Crippen LogP contribution in [0.3, 0.4) is 0 Å². The zero-order valence-electron chi connectivity index (χ0n) is 11.9. The molecule has 1 atom stereocenters. The van der Waals surface area contributed by atoms with Crippen molar-refractivity contribution in [2.75, 3.05) is 6.54 Å². The summed E-state index contributed by atoms with van der Waals surface area (Å²) in [6, 6.07) is 9.21. The second-order valence-corrected chi connectivity index (χ2v) is 6.16. The van der Waals surface area contributed by atoms with E-state index in [9.17, 15) is 0 Å². The van der Waals surface area contributed by atoms with Gasteiger partial charge in [-0.25, -0.2) is 0 Å². The Balaban J connectivity index is 1.65. The predicted molar refractivity (Wildman–Crippen MR) is 83.9 cm³/mol. The number of hydrogen-bond acceptors (Lipinski definition) is 1. The third-order valence-corrected chi connectivity index (χ3v) is 4.97. The Labute approximate surface area is 120 Å². The van der Waals surface area contributed by atoms with E-state index in [-0.39, 0.29) is 0 Å². The molecule has 2 aliphatic rings. The molecule has 0 radical (unpaired) electrons. The Morgan fingerprint density at radius 1 is 1.05 bits per heavy atom. The normalized spacial score (nSPS) is 23.1. The van der Waals surface area contributed by atoms with Crippen molar-refractivity contribution in [3.63, 3.8) is 0 Å². The van der Waals surface area contributed by atoms with E-state index in [1.165, 1.54) is 48.6 Å². The van der Waals surface area contributed by atoms with Gasteiger partial charge in [-0.1, -0.05) is 29.3 Å². The van der Waals surface area contributed by atoms with Gasteiger partial charge < -0.3 is 10.3 Å². The number of benzene rings is 1. The number of H-pyrrole nitrogens is 1. The summed E-state index contributed by atoms with van der Waals surface area (Å²) in [6.07, 6.45) is 10.0. The first-order chi connectivity index (χ1) is 9.92. The fourth-order valence-corrected chi connectivity index (χ4v) is 3.93. The van der Waals surface area contributed by atoms with E-state index >= 15 is 0 Å². The lowest BCUT2D eigenvalue weighted by Crippen LogP contribution is -2.39. The highest BCUT2D eigenvalue weighted by Crippen LogP contribution is 2.33. The van der Waals surface area contributed by atoms with Gasteiger partial charge in [0.1, 0.15) is 0 Å². The highest BCUT2D eigenvalue weighted by Gasteiger charge is 2.25. The van der Waals surface area contributed by atoms with Crippen molar-refractivity contribution in [2.24, 2.45) is 0 Å². The van der Waals surface area contributed by atoms with Crippen molar-refractivity contribution in [3.8, 4) is 0 Å². The van der Waals surface area contributed by atoms with Gasteiger partial charge in [-0.2, -0.15) is 0 Å². The van der Waals surface area contributed by atoms with E-state index in [2.05, 4.69) is 40.8 Å². The molecule has 0 saturated carbocycles. The summed E-state index contributed by atoms with van der Waals surface area (Å²) < 4.78 is 0. The average Bonchev–Trinajstić information content (AvgIpc) is 2.91. The van der Waals surface area contributed by atoms with Crippen LogP contribution in [0.15, 0.2) is 41.6 Å². The lowest BCUT2D eigenvalue weighted by atomic mass is 9.81. The summed E-state index contributed by atoms with van der Waals surface area (Å²) in [5.74, 6) is 0. The van der Waals surface area contributed by atoms with Crippen LogP contribution in [0.2, 0.25) is 0 Å². The zero-order chi connectivity index (χ0) is 13.4. The quantitative estimate of drug-likeness (QED) is 0.792. The molecule has 2 nitrogen and oxygen atoms in total. The molecule has 20 heavy (non-hydrogen) atoms. The molecule has 0 spiro atoms. The summed E-state index contributed by atoms with van der Waals surface area (Å²) in [6.45, 7) is 1.16. The van der Waals surface area contributed by atoms with Crippen LogP contribution in [0.1, 0.15) is 37.7 Å². The van der Waals surface area contributed by atoms with E-state index in [1.54, 1.807) is 11.1 Å². The maximum absolute atomic E-state index is 3.75. The molecule has 4 rings (SSSR count). The summed E-state index contributed by atoms with van der Waals surface area (Å²) in [5, 5.41) is 5.14. The van der Waals surface area contributed by atoms with Crippen molar-refractivity contribution in [1.82, 2.24) is 10.3 Å². The van der Waals surface area contributed by atoms with Crippen molar-refractivity contribution in [1.29, 1.82) is 0 Å². The second-order valence-electron chi connectivity index (χ2n) is 6.16. The number of hydrogen-bond donors (Lipinski definition) is 2. The molecule has 0 unspecified atom stereocenters. The lowest BCUT2D eigenvalue weighted by molar-refractivity contribution is 0.475. The zero-order valence-corrected chi connectivity index (χ0v) is 11.9. The summed E-state index contributed by atoms with van der Waals surface area (Å²) in [7, 11) is 0. The molecule has 2 N–H and O–H groups in total. The smallest absolute Gasteiger partial charge is 0.0456 e. The minimum absolute atomic E-state index is 0.568. The third-order valence-electron chi connectivity index (χ3n) is 4.97. The minimum atomic E-state index is 0.568. The van der Waals surface area contributed by atoms with E-state index in [1.807, 2.05) is 0 Å². The summed E-state index contributed by atoms with van der Waals surface area (Å²) in [4.78, 5) is 3.41. The Kier molecular flexibility index (Phi) is 3.12. The maximum atomic E-state index is 3.75. The van der Waals surface area contributed by atoms with E-state index in [4.69, 9.17) is 0 Å². The van der Waals surface area contributed by atoms with Crippen molar-refractivity contribution < 1.29 is 0 Å².